The minimum Gasteiger partial charge on any atom is -0.315 e. The summed E-state index contributed by atoms with van der Waals surface area (Å²) >= 11 is 0. The normalized spacial score (nSPS) is 19.1. The molecule has 0 radical (unpaired) electrons. The summed E-state index contributed by atoms with van der Waals surface area (Å²) in [6.07, 6.45) is 7.13. The average molecular weight is 240 g/mol. The van der Waals surface area contributed by atoms with Gasteiger partial charge in [0.15, 0.2) is 0 Å². The summed E-state index contributed by atoms with van der Waals surface area (Å²) in [7, 11) is 0. The third-order valence-corrected chi connectivity index (χ3v) is 4.23. The van der Waals surface area contributed by atoms with Crippen molar-refractivity contribution in [2.24, 2.45) is 11.8 Å². The van der Waals surface area contributed by atoms with Gasteiger partial charge in [0.2, 0.25) is 0 Å². The molecule has 2 nitrogen and oxygen atoms in total. The summed E-state index contributed by atoms with van der Waals surface area (Å²) in [5.74, 6) is 1.81. The third-order valence-electron chi connectivity index (χ3n) is 4.23. The second kappa shape index (κ2) is 8.93. The Bertz CT molecular complexity index is 176. The molecule has 1 aliphatic carbocycles. The molecule has 1 aliphatic rings. The second-order valence-corrected chi connectivity index (χ2v) is 5.76. The van der Waals surface area contributed by atoms with Crippen LogP contribution in [0.5, 0.6) is 0 Å². The predicted octanol–water partition coefficient (Wildman–Crippen LogP) is 3.13. The molecule has 1 saturated carbocycles. The van der Waals surface area contributed by atoms with Gasteiger partial charge in [0.05, 0.1) is 0 Å². The van der Waals surface area contributed by atoms with Gasteiger partial charge in [0, 0.05) is 19.6 Å². The minimum absolute atomic E-state index is 0.838. The van der Waals surface area contributed by atoms with Gasteiger partial charge < -0.3 is 10.2 Å². The highest BCUT2D eigenvalue weighted by Gasteiger charge is 2.14. The first-order valence-corrected chi connectivity index (χ1v) is 7.69. The fourth-order valence-corrected chi connectivity index (χ4v) is 2.71. The van der Waals surface area contributed by atoms with Crippen molar-refractivity contribution in [2.75, 3.05) is 32.7 Å². The van der Waals surface area contributed by atoms with Crippen LogP contribution >= 0.6 is 0 Å². The van der Waals surface area contributed by atoms with E-state index in [4.69, 9.17) is 0 Å². The fourth-order valence-electron chi connectivity index (χ4n) is 2.71. The topological polar surface area (TPSA) is 15.3 Å². The van der Waals surface area contributed by atoms with Crippen molar-refractivity contribution in [2.45, 2.75) is 52.9 Å². The fraction of sp³-hybridized carbons (Fsp3) is 1.00. The van der Waals surface area contributed by atoms with Gasteiger partial charge in [0.1, 0.15) is 0 Å². The van der Waals surface area contributed by atoms with Crippen LogP contribution in [0.1, 0.15) is 52.9 Å². The van der Waals surface area contributed by atoms with Crippen LogP contribution in [0, 0.1) is 11.8 Å². The molecule has 1 fully saturated rings. The van der Waals surface area contributed by atoms with Crippen molar-refractivity contribution in [1.29, 1.82) is 0 Å². The summed E-state index contributed by atoms with van der Waals surface area (Å²) < 4.78 is 0. The molecule has 0 aromatic rings. The van der Waals surface area contributed by atoms with E-state index in [0.717, 1.165) is 11.8 Å². The molecule has 0 amide bonds. The summed E-state index contributed by atoms with van der Waals surface area (Å²) in [5, 5.41) is 3.64. The van der Waals surface area contributed by atoms with Gasteiger partial charge in [0.25, 0.3) is 0 Å². The Kier molecular flexibility index (Phi) is 7.87. The van der Waals surface area contributed by atoms with Crippen molar-refractivity contribution < 1.29 is 0 Å². The van der Waals surface area contributed by atoms with Gasteiger partial charge >= 0.3 is 0 Å². The number of rotatable bonds is 9. The van der Waals surface area contributed by atoms with Gasteiger partial charge in [-0.1, -0.05) is 40.0 Å². The molecule has 0 heterocycles. The monoisotopic (exact) mass is 240 g/mol. The highest BCUT2D eigenvalue weighted by Crippen LogP contribution is 2.23. The molecule has 1 atom stereocenters. The van der Waals surface area contributed by atoms with Crippen LogP contribution in [0.4, 0.5) is 0 Å². The molecule has 0 aromatic carbocycles. The first-order chi connectivity index (χ1) is 8.26. The van der Waals surface area contributed by atoms with E-state index in [2.05, 4.69) is 31.0 Å². The highest BCUT2D eigenvalue weighted by atomic mass is 15.1. The van der Waals surface area contributed by atoms with Crippen LogP contribution in [-0.4, -0.2) is 37.6 Å². The number of hydrogen-bond donors (Lipinski definition) is 1. The van der Waals surface area contributed by atoms with E-state index in [0.29, 0.717) is 0 Å². The lowest BCUT2D eigenvalue weighted by molar-refractivity contribution is 0.244. The first kappa shape index (κ1) is 15.0. The maximum absolute atomic E-state index is 3.64. The maximum atomic E-state index is 3.64. The Balaban J connectivity index is 2.02. The molecule has 0 aliphatic heterocycles. The molecular formula is C15H32N2. The largest absolute Gasteiger partial charge is 0.315 e. The Labute approximate surface area is 108 Å². The first-order valence-electron chi connectivity index (χ1n) is 7.69. The standard InChI is InChI=1S/C15H32N2/c1-4-14(3)13-17(5-2)11-10-16-12-15-8-6-7-9-15/h14-16H,4-13H2,1-3H3. The number of nitrogens with zero attached hydrogens (tertiary/aromatic N) is 1. The highest BCUT2D eigenvalue weighted by molar-refractivity contribution is 4.70. The quantitative estimate of drug-likeness (QED) is 0.623. The molecule has 1 unspecified atom stereocenters. The zero-order valence-corrected chi connectivity index (χ0v) is 12.2. The predicted molar refractivity (Wildman–Crippen MR) is 76.4 cm³/mol. The molecular weight excluding hydrogens is 208 g/mol. The molecule has 0 spiro atoms. The van der Waals surface area contributed by atoms with E-state index in [1.807, 2.05) is 0 Å². The summed E-state index contributed by atoms with van der Waals surface area (Å²) in [6.45, 7) is 13.0. The molecule has 1 N–H and O–H groups in total. The summed E-state index contributed by atoms with van der Waals surface area (Å²) in [5.41, 5.74) is 0. The van der Waals surface area contributed by atoms with Crippen molar-refractivity contribution in [3.05, 3.63) is 0 Å². The van der Waals surface area contributed by atoms with Crippen LogP contribution in [0.3, 0.4) is 0 Å². The van der Waals surface area contributed by atoms with E-state index in [1.165, 1.54) is 64.8 Å². The van der Waals surface area contributed by atoms with E-state index in [9.17, 15) is 0 Å². The van der Waals surface area contributed by atoms with Crippen molar-refractivity contribution in [1.82, 2.24) is 10.2 Å². The molecule has 2 heteroatoms. The Morgan fingerprint density at radius 2 is 1.94 bits per heavy atom. The van der Waals surface area contributed by atoms with Crippen LogP contribution in [0.15, 0.2) is 0 Å². The average Bonchev–Trinajstić information content (AvgIpc) is 2.85. The number of likely N-dealkylation sites (N-methyl/N-ethyl adjacent to an activating group) is 1. The van der Waals surface area contributed by atoms with Crippen LogP contribution in [-0.2, 0) is 0 Å². The molecule has 17 heavy (non-hydrogen) atoms. The van der Waals surface area contributed by atoms with Gasteiger partial charge in [-0.05, 0) is 37.8 Å². The Morgan fingerprint density at radius 3 is 2.53 bits per heavy atom. The Morgan fingerprint density at radius 1 is 1.24 bits per heavy atom. The lowest BCUT2D eigenvalue weighted by atomic mass is 10.1. The van der Waals surface area contributed by atoms with Crippen LogP contribution in [0.25, 0.3) is 0 Å². The number of nitrogens with one attached hydrogen (secondary N) is 1. The Hall–Kier alpha value is -0.0800. The smallest absolute Gasteiger partial charge is 0.0107 e. The van der Waals surface area contributed by atoms with Crippen molar-refractivity contribution in [3.8, 4) is 0 Å². The zero-order valence-electron chi connectivity index (χ0n) is 12.2. The van der Waals surface area contributed by atoms with Crippen molar-refractivity contribution in [3.63, 3.8) is 0 Å². The van der Waals surface area contributed by atoms with E-state index < -0.39 is 0 Å². The lowest BCUT2D eigenvalue weighted by Gasteiger charge is -2.24. The van der Waals surface area contributed by atoms with Gasteiger partial charge in [-0.3, -0.25) is 0 Å². The maximum Gasteiger partial charge on any atom is 0.0107 e. The molecule has 102 valence electrons. The molecule has 1 rings (SSSR count). The van der Waals surface area contributed by atoms with E-state index in [-0.39, 0.29) is 0 Å². The van der Waals surface area contributed by atoms with Crippen LogP contribution < -0.4 is 5.32 Å². The van der Waals surface area contributed by atoms with Gasteiger partial charge in [-0.25, -0.2) is 0 Å². The molecule has 0 aromatic heterocycles. The molecule has 0 bridgehead atoms. The van der Waals surface area contributed by atoms with Gasteiger partial charge in [-0.2, -0.15) is 0 Å². The summed E-state index contributed by atoms with van der Waals surface area (Å²) in [6, 6.07) is 0. The van der Waals surface area contributed by atoms with Gasteiger partial charge in [-0.15, -0.1) is 0 Å². The number of hydrogen-bond acceptors (Lipinski definition) is 2. The van der Waals surface area contributed by atoms with E-state index >= 15 is 0 Å². The SMILES string of the molecule is CCC(C)CN(CC)CCNCC1CCCC1. The molecule has 0 saturated heterocycles. The second-order valence-electron chi connectivity index (χ2n) is 5.76. The van der Waals surface area contributed by atoms with E-state index in [1.54, 1.807) is 0 Å². The summed E-state index contributed by atoms with van der Waals surface area (Å²) in [4.78, 5) is 2.58. The van der Waals surface area contributed by atoms with Crippen LogP contribution in [0.2, 0.25) is 0 Å². The minimum atomic E-state index is 0.838. The lowest BCUT2D eigenvalue weighted by Crippen LogP contribution is -2.36. The third kappa shape index (κ3) is 6.42. The van der Waals surface area contributed by atoms with Crippen molar-refractivity contribution >= 4 is 0 Å². The zero-order chi connectivity index (χ0) is 12.5.